The molecule has 4 fully saturated rings. The number of amides is 5. The molecule has 2 saturated carbocycles. The summed E-state index contributed by atoms with van der Waals surface area (Å²) in [4.78, 5) is 91.7. The van der Waals surface area contributed by atoms with Crippen molar-refractivity contribution in [1.29, 1.82) is 0 Å². The molecule has 14 heteroatoms. The van der Waals surface area contributed by atoms with Crippen LogP contribution in [-0.2, 0) is 24.0 Å². The second-order valence-corrected chi connectivity index (χ2v) is 15.6. The average Bonchev–Trinajstić information content (AvgIpc) is 3.84. The molecule has 1 aromatic rings. The van der Waals surface area contributed by atoms with Crippen LogP contribution < -0.4 is 26.6 Å². The Bertz CT molecular complexity index is 1410. The summed E-state index contributed by atoms with van der Waals surface area (Å²) in [6.45, 7) is 9.06. The summed E-state index contributed by atoms with van der Waals surface area (Å²) in [6.07, 6.45) is 12.0. The van der Waals surface area contributed by atoms with Crippen molar-refractivity contribution in [3.8, 4) is 0 Å². The largest absolute Gasteiger partial charge is 0.347 e. The van der Waals surface area contributed by atoms with Crippen molar-refractivity contribution in [2.45, 2.75) is 122 Å². The molecule has 3 heterocycles. The molecule has 14 nitrogen and oxygen atoms in total. The molecular formula is C36H54N8O6. The van der Waals surface area contributed by atoms with Gasteiger partial charge in [0, 0.05) is 37.4 Å². The number of carbonyl (C=O) groups is 6. The molecular weight excluding hydrogens is 640 g/mol. The Morgan fingerprint density at radius 1 is 0.960 bits per heavy atom. The van der Waals surface area contributed by atoms with E-state index < -0.39 is 64.9 Å². The highest BCUT2D eigenvalue weighted by Gasteiger charge is 2.52. The molecule has 5 amide bonds. The van der Waals surface area contributed by atoms with Crippen LogP contribution in [0.25, 0.3) is 0 Å². The van der Waals surface area contributed by atoms with Crippen LogP contribution in [0.1, 0.15) is 102 Å². The molecule has 2 aliphatic carbocycles. The Kier molecular flexibility index (Phi) is 12.2. The maximum atomic E-state index is 14.7. The summed E-state index contributed by atoms with van der Waals surface area (Å²) in [6, 6.07) is -3.81. The zero-order valence-corrected chi connectivity index (χ0v) is 29.8. The third kappa shape index (κ3) is 9.04. The van der Waals surface area contributed by atoms with E-state index in [2.05, 4.69) is 36.6 Å². The van der Waals surface area contributed by atoms with Gasteiger partial charge in [-0.3, -0.25) is 33.8 Å². The molecule has 4 aliphatic rings. The van der Waals surface area contributed by atoms with Gasteiger partial charge in [0.25, 0.3) is 11.8 Å². The fourth-order valence-electron chi connectivity index (χ4n) is 7.69. The third-order valence-electron chi connectivity index (χ3n) is 10.6. The third-order valence-corrected chi connectivity index (χ3v) is 10.6. The van der Waals surface area contributed by atoms with Gasteiger partial charge in [-0.15, -0.1) is 0 Å². The highest BCUT2D eigenvalue weighted by atomic mass is 16.2. The first-order valence-corrected chi connectivity index (χ1v) is 18.4. The summed E-state index contributed by atoms with van der Waals surface area (Å²) in [5.74, 6) is -3.51. The van der Waals surface area contributed by atoms with E-state index in [-0.39, 0.29) is 29.5 Å². The fourth-order valence-corrected chi connectivity index (χ4v) is 7.69. The fraction of sp³-hybridized carbons (Fsp3) is 0.722. The lowest BCUT2D eigenvalue weighted by Gasteiger charge is -2.38. The number of ketones is 1. The molecule has 50 heavy (non-hydrogen) atoms. The van der Waals surface area contributed by atoms with E-state index in [0.29, 0.717) is 25.9 Å². The van der Waals surface area contributed by atoms with E-state index >= 15 is 0 Å². The van der Waals surface area contributed by atoms with Crippen LogP contribution in [0.4, 0.5) is 0 Å². The SMILES string of the molecule is CCCC(NC(=O)C1C2CNCCC2CN1C(=O)C(NC(=O)C(NC(=O)c1cnccn1)C1CCCCC1)C(C)(C)C)C(=O)C(=O)NC1CC1. The Morgan fingerprint density at radius 3 is 2.34 bits per heavy atom. The minimum absolute atomic E-state index is 0.00373. The summed E-state index contributed by atoms with van der Waals surface area (Å²) >= 11 is 0. The van der Waals surface area contributed by atoms with Gasteiger partial charge < -0.3 is 31.5 Å². The van der Waals surface area contributed by atoms with E-state index in [4.69, 9.17) is 0 Å². The number of hydrogen-bond donors (Lipinski definition) is 5. The second-order valence-electron chi connectivity index (χ2n) is 15.6. The predicted molar refractivity (Wildman–Crippen MR) is 184 cm³/mol. The van der Waals surface area contributed by atoms with Crippen molar-refractivity contribution < 1.29 is 28.8 Å². The van der Waals surface area contributed by atoms with Crippen LogP contribution in [-0.4, -0.2) is 100 Å². The normalized spacial score (nSPS) is 24.2. The number of nitrogens with zero attached hydrogens (tertiary/aromatic N) is 3. The molecule has 6 unspecified atom stereocenters. The van der Waals surface area contributed by atoms with Gasteiger partial charge in [0.1, 0.15) is 23.8 Å². The molecule has 0 spiro atoms. The Hall–Kier alpha value is -3.94. The van der Waals surface area contributed by atoms with Gasteiger partial charge >= 0.3 is 0 Å². The van der Waals surface area contributed by atoms with Crippen LogP contribution in [0, 0.1) is 23.2 Å². The zero-order valence-electron chi connectivity index (χ0n) is 29.8. The number of carbonyl (C=O) groups excluding carboxylic acids is 6. The standard InChI is InChI=1S/C36H54N8O6/c1-5-9-25(29(45)34(49)40-23-12-13-23)41-33(48)28-24-18-37-15-14-22(24)20-44(28)35(50)30(36(2,3)4)43-32(47)27(21-10-7-6-8-11-21)42-31(46)26-19-38-16-17-39-26/h16-17,19,21-25,27-28,30,37H,5-15,18,20H2,1-4H3,(H,40,49)(H,41,48)(H,42,46)(H,43,47). The van der Waals surface area contributed by atoms with E-state index in [9.17, 15) is 28.8 Å². The minimum Gasteiger partial charge on any atom is -0.347 e. The molecule has 5 rings (SSSR count). The first-order chi connectivity index (χ1) is 23.9. The first kappa shape index (κ1) is 37.3. The van der Waals surface area contributed by atoms with E-state index in [1.165, 1.54) is 18.6 Å². The van der Waals surface area contributed by atoms with Gasteiger partial charge in [0.15, 0.2) is 0 Å². The first-order valence-electron chi connectivity index (χ1n) is 18.4. The van der Waals surface area contributed by atoms with E-state index in [1.807, 2.05) is 27.7 Å². The maximum Gasteiger partial charge on any atom is 0.289 e. The van der Waals surface area contributed by atoms with Crippen molar-refractivity contribution in [3.63, 3.8) is 0 Å². The van der Waals surface area contributed by atoms with Crippen molar-refractivity contribution in [2.75, 3.05) is 19.6 Å². The number of rotatable bonds is 13. The van der Waals surface area contributed by atoms with Crippen LogP contribution in [0.5, 0.6) is 0 Å². The van der Waals surface area contributed by atoms with Gasteiger partial charge in [-0.25, -0.2) is 4.98 Å². The van der Waals surface area contributed by atoms with Crippen LogP contribution in [0.2, 0.25) is 0 Å². The number of nitrogens with one attached hydrogen (secondary N) is 5. The Labute approximate surface area is 294 Å². The monoisotopic (exact) mass is 694 g/mol. The van der Waals surface area contributed by atoms with Crippen LogP contribution >= 0.6 is 0 Å². The molecule has 1 aromatic heterocycles. The number of likely N-dealkylation sites (tertiary alicyclic amines) is 1. The Morgan fingerprint density at radius 2 is 1.70 bits per heavy atom. The van der Waals surface area contributed by atoms with Crippen molar-refractivity contribution in [1.82, 2.24) is 41.5 Å². The smallest absolute Gasteiger partial charge is 0.289 e. The van der Waals surface area contributed by atoms with Gasteiger partial charge in [0.05, 0.1) is 12.2 Å². The zero-order chi connectivity index (χ0) is 36.0. The van der Waals surface area contributed by atoms with Crippen LogP contribution in [0.15, 0.2) is 18.6 Å². The number of fused-ring (bicyclic) bond motifs is 1. The molecule has 2 aliphatic heterocycles. The van der Waals surface area contributed by atoms with Crippen LogP contribution in [0.3, 0.4) is 0 Å². The van der Waals surface area contributed by atoms with E-state index in [1.54, 1.807) is 4.90 Å². The molecule has 0 aromatic carbocycles. The summed E-state index contributed by atoms with van der Waals surface area (Å²) in [5, 5.41) is 14.8. The van der Waals surface area contributed by atoms with Gasteiger partial charge in [0.2, 0.25) is 23.5 Å². The second kappa shape index (κ2) is 16.4. The van der Waals surface area contributed by atoms with Gasteiger partial charge in [-0.05, 0) is 62.3 Å². The van der Waals surface area contributed by atoms with E-state index in [0.717, 1.165) is 57.9 Å². The Balaban J connectivity index is 1.37. The quantitative estimate of drug-likeness (QED) is 0.189. The molecule has 0 bridgehead atoms. The summed E-state index contributed by atoms with van der Waals surface area (Å²) in [7, 11) is 0. The average molecular weight is 695 g/mol. The molecule has 0 radical (unpaired) electrons. The minimum atomic E-state index is -1.02. The lowest BCUT2D eigenvalue weighted by atomic mass is 9.82. The maximum absolute atomic E-state index is 14.7. The number of Topliss-reactive ketones (excluding diaryl/α,β-unsaturated/α-hetero) is 1. The highest BCUT2D eigenvalue weighted by molar-refractivity contribution is 6.38. The molecule has 274 valence electrons. The highest BCUT2D eigenvalue weighted by Crippen LogP contribution is 2.36. The van der Waals surface area contributed by atoms with Gasteiger partial charge in [-0.1, -0.05) is 53.4 Å². The number of piperidine rings is 1. The molecule has 5 N–H and O–H groups in total. The topological polar surface area (TPSA) is 192 Å². The number of aromatic nitrogens is 2. The van der Waals surface area contributed by atoms with Crippen molar-refractivity contribution in [3.05, 3.63) is 24.3 Å². The summed E-state index contributed by atoms with van der Waals surface area (Å²) < 4.78 is 0. The molecule has 6 atom stereocenters. The lowest BCUT2D eigenvalue weighted by Crippen LogP contribution is -2.62. The number of hydrogen-bond acceptors (Lipinski definition) is 9. The van der Waals surface area contributed by atoms with Crippen molar-refractivity contribution >= 4 is 35.3 Å². The summed E-state index contributed by atoms with van der Waals surface area (Å²) in [5.41, 5.74) is -0.662. The lowest BCUT2D eigenvalue weighted by molar-refractivity contribution is -0.146. The van der Waals surface area contributed by atoms with Gasteiger partial charge in [-0.2, -0.15) is 0 Å². The molecule has 2 saturated heterocycles. The predicted octanol–water partition coefficient (Wildman–Crippen LogP) is 1.26. The van der Waals surface area contributed by atoms with Crippen molar-refractivity contribution in [2.24, 2.45) is 23.2 Å².